The summed E-state index contributed by atoms with van der Waals surface area (Å²) in [4.78, 5) is 14.3. The van der Waals surface area contributed by atoms with Gasteiger partial charge in [-0.3, -0.25) is 4.46 Å². The van der Waals surface area contributed by atoms with Crippen molar-refractivity contribution in [2.45, 2.75) is 0 Å². The van der Waals surface area contributed by atoms with Crippen LogP contribution in [0.3, 0.4) is 0 Å². The normalized spacial score (nSPS) is 4.00. The Morgan fingerprint density at radius 2 is 1.33 bits per heavy atom. The van der Waals surface area contributed by atoms with Gasteiger partial charge in [-0.25, -0.2) is 0 Å². The van der Waals surface area contributed by atoms with Gasteiger partial charge >= 0.3 is 46.9 Å². The molecule has 0 aromatic carbocycles. The molecular formula is H7CaNO3Si. The molecule has 36 valence electrons. The summed E-state index contributed by atoms with van der Waals surface area (Å²) in [5.41, 5.74) is 0. The van der Waals surface area contributed by atoms with Crippen LogP contribution in [-0.2, 0) is 4.46 Å². The average molecular weight is 137 g/mol. The molecule has 0 fully saturated rings. The van der Waals surface area contributed by atoms with Crippen molar-refractivity contribution < 1.29 is 14.1 Å². The van der Waals surface area contributed by atoms with Gasteiger partial charge in [-0.1, -0.05) is 0 Å². The summed E-state index contributed by atoms with van der Waals surface area (Å²) in [5, 5.41) is 0. The van der Waals surface area contributed by atoms with Crippen molar-refractivity contribution in [3.05, 3.63) is 0 Å². The summed E-state index contributed by atoms with van der Waals surface area (Å²) < 4.78 is 8.74. The van der Waals surface area contributed by atoms with E-state index in [2.05, 4.69) is 0 Å². The Balaban J connectivity index is -0.0000000450. The Hall–Kier alpha value is 0.837. The van der Waals surface area contributed by atoms with Crippen LogP contribution in [0.25, 0.3) is 0 Å². The van der Waals surface area contributed by atoms with Gasteiger partial charge in [0.05, 0.1) is 0 Å². The van der Waals surface area contributed by atoms with Gasteiger partial charge in [0.15, 0.2) is 0 Å². The predicted octanol–water partition coefficient (Wildman–Crippen LogP) is -2.37. The van der Waals surface area contributed by atoms with Crippen LogP contribution < -0.4 is 6.15 Å². The molecule has 5 N–H and O–H groups in total. The van der Waals surface area contributed by atoms with E-state index >= 15 is 0 Å². The SMILES string of the molecule is N.O=[Si](O)O.[CaH2]. The van der Waals surface area contributed by atoms with Gasteiger partial charge in [0.1, 0.15) is 0 Å². The maximum absolute atomic E-state index is 8.74. The van der Waals surface area contributed by atoms with Crippen LogP contribution >= 0.6 is 0 Å². The van der Waals surface area contributed by atoms with Crippen molar-refractivity contribution in [2.75, 3.05) is 0 Å². The van der Waals surface area contributed by atoms with Gasteiger partial charge in [0.25, 0.3) is 0 Å². The molecule has 0 rings (SSSR count). The molecule has 0 aromatic heterocycles. The summed E-state index contributed by atoms with van der Waals surface area (Å²) in [6.07, 6.45) is 0. The van der Waals surface area contributed by atoms with Gasteiger partial charge < -0.3 is 15.7 Å². The summed E-state index contributed by atoms with van der Waals surface area (Å²) in [6.45, 7) is 0. The molecule has 0 aliphatic heterocycles. The Morgan fingerprint density at radius 3 is 1.33 bits per heavy atom. The molecule has 0 atom stereocenters. The van der Waals surface area contributed by atoms with Crippen molar-refractivity contribution in [3.8, 4) is 0 Å². The first-order valence-electron chi connectivity index (χ1n) is 0.651. The summed E-state index contributed by atoms with van der Waals surface area (Å²) in [5.74, 6) is 0. The van der Waals surface area contributed by atoms with Gasteiger partial charge in [0.2, 0.25) is 0 Å². The van der Waals surface area contributed by atoms with E-state index in [1.807, 2.05) is 0 Å². The summed E-state index contributed by atoms with van der Waals surface area (Å²) >= 11 is 0. The maximum atomic E-state index is 8.74. The monoisotopic (exact) mass is 137 g/mol. The molecule has 0 radical (unpaired) electrons. The van der Waals surface area contributed by atoms with E-state index in [-0.39, 0.29) is 43.9 Å². The first-order valence-corrected chi connectivity index (χ1v) is 1.95. The second-order valence-electron chi connectivity index (χ2n) is 0.283. The molecule has 0 saturated carbocycles. The minimum absolute atomic E-state index is 0. The van der Waals surface area contributed by atoms with E-state index in [9.17, 15) is 0 Å². The fraction of sp³-hybridized carbons (Fsp3) is 0. The van der Waals surface area contributed by atoms with Crippen LogP contribution in [-0.4, -0.2) is 56.5 Å². The van der Waals surface area contributed by atoms with Gasteiger partial charge in [0, 0.05) is 0 Å². The molecule has 6 heavy (non-hydrogen) atoms. The molecule has 0 saturated heterocycles. The van der Waals surface area contributed by atoms with Crippen molar-refractivity contribution in [1.29, 1.82) is 0 Å². The van der Waals surface area contributed by atoms with Gasteiger partial charge in [-0.05, 0) is 0 Å². The zero-order valence-corrected chi connectivity index (χ0v) is 3.51. The van der Waals surface area contributed by atoms with Crippen LogP contribution in [0.4, 0.5) is 0 Å². The number of rotatable bonds is 0. The van der Waals surface area contributed by atoms with Crippen molar-refractivity contribution >= 4 is 46.9 Å². The molecule has 4 nitrogen and oxygen atoms in total. The fourth-order valence-corrected chi connectivity index (χ4v) is 0. The van der Waals surface area contributed by atoms with Crippen LogP contribution in [0.5, 0.6) is 0 Å². The van der Waals surface area contributed by atoms with Crippen LogP contribution in [0.1, 0.15) is 0 Å². The van der Waals surface area contributed by atoms with Crippen molar-refractivity contribution in [2.24, 2.45) is 0 Å². The Labute approximate surface area is 66.7 Å². The van der Waals surface area contributed by atoms with E-state index in [1.54, 1.807) is 0 Å². The molecule has 0 amide bonds. The zero-order chi connectivity index (χ0) is 3.58. The summed E-state index contributed by atoms with van der Waals surface area (Å²) in [7, 11) is -3.13. The first-order chi connectivity index (χ1) is 1.73. The zero-order valence-electron chi connectivity index (χ0n) is 2.51. The second-order valence-corrected chi connectivity index (χ2v) is 0.848. The van der Waals surface area contributed by atoms with Gasteiger partial charge in [-0.2, -0.15) is 0 Å². The third-order valence-corrected chi connectivity index (χ3v) is 0. The molecule has 6 heteroatoms. The topological polar surface area (TPSA) is 92.5 Å². The van der Waals surface area contributed by atoms with E-state index < -0.39 is 9.17 Å². The van der Waals surface area contributed by atoms with Crippen LogP contribution in [0, 0.1) is 0 Å². The first kappa shape index (κ1) is 15.8. The third-order valence-electron chi connectivity index (χ3n) is 0. The molecule has 0 aliphatic rings. The van der Waals surface area contributed by atoms with Crippen molar-refractivity contribution in [1.82, 2.24) is 6.15 Å². The van der Waals surface area contributed by atoms with Crippen LogP contribution in [0.15, 0.2) is 0 Å². The molecule has 0 aliphatic carbocycles. The number of hydrogen-bond acceptors (Lipinski definition) is 2. The van der Waals surface area contributed by atoms with E-state index in [4.69, 9.17) is 14.1 Å². The quantitative estimate of drug-likeness (QED) is 0.325. The predicted molar refractivity (Wildman–Crippen MR) is 24.4 cm³/mol. The van der Waals surface area contributed by atoms with E-state index in [0.717, 1.165) is 0 Å². The molecular weight excluding hydrogens is 130 g/mol. The van der Waals surface area contributed by atoms with Gasteiger partial charge in [-0.15, -0.1) is 0 Å². The number of hydrogen-bond donors (Lipinski definition) is 3. The average Bonchev–Trinajstić information content (AvgIpc) is 0.811. The Morgan fingerprint density at radius 1 is 1.33 bits per heavy atom. The molecule has 0 heterocycles. The molecule has 0 aromatic rings. The molecule has 0 bridgehead atoms. The molecule has 0 unspecified atom stereocenters. The summed E-state index contributed by atoms with van der Waals surface area (Å²) in [6, 6.07) is 0. The third kappa shape index (κ3) is 102. The Kier molecular flexibility index (Phi) is 24.5. The fourth-order valence-electron chi connectivity index (χ4n) is 0. The van der Waals surface area contributed by atoms with E-state index in [0.29, 0.717) is 0 Å². The minimum atomic E-state index is -3.13. The van der Waals surface area contributed by atoms with Crippen molar-refractivity contribution in [3.63, 3.8) is 0 Å². The second kappa shape index (κ2) is 9.28. The standard InChI is InChI=1S/Ca.H3N.H2O3Si.2H/c;;1-4(2)3;;/h;1H3;1-2H;;. The Bertz CT molecular complexity index is 33.8. The van der Waals surface area contributed by atoms with Crippen LogP contribution in [0.2, 0.25) is 0 Å². The molecule has 0 spiro atoms. The van der Waals surface area contributed by atoms with E-state index in [1.165, 1.54) is 0 Å².